The highest BCUT2D eigenvalue weighted by Gasteiger charge is 2.36. The highest BCUT2D eigenvalue weighted by molar-refractivity contribution is 5.98. The molecule has 0 unspecified atom stereocenters. The molecule has 2 aromatic carbocycles. The van der Waals surface area contributed by atoms with Crippen molar-refractivity contribution < 1.29 is 30.7 Å². The predicted octanol–water partition coefficient (Wildman–Crippen LogP) is 6.77. The number of aliphatic carboxylic acids is 1. The van der Waals surface area contributed by atoms with Crippen molar-refractivity contribution in [1.82, 2.24) is 4.90 Å². The number of likely N-dealkylation sites (tertiary alicyclic amines) is 1. The normalized spacial score (nSPS) is 19.2. The summed E-state index contributed by atoms with van der Waals surface area (Å²) in [6.45, 7) is 2.03. The third-order valence-electron chi connectivity index (χ3n) is 7.31. The van der Waals surface area contributed by atoms with Crippen molar-refractivity contribution in [1.29, 1.82) is 0 Å². The minimum atomic E-state index is -4.43. The molecule has 8 heteroatoms. The summed E-state index contributed by atoms with van der Waals surface area (Å²) in [5.74, 6) is -1.55. The van der Waals surface area contributed by atoms with Gasteiger partial charge in [-0.3, -0.25) is 9.69 Å². The van der Waals surface area contributed by atoms with Crippen LogP contribution in [-0.2, 0) is 35.3 Å². The maximum Gasteiger partial charge on any atom is 0.416 e. The summed E-state index contributed by atoms with van der Waals surface area (Å²) in [4.78, 5) is 18.1. The zero-order valence-corrected chi connectivity index (χ0v) is 21.3. The van der Waals surface area contributed by atoms with E-state index in [0.717, 1.165) is 37.7 Å². The van der Waals surface area contributed by atoms with Crippen molar-refractivity contribution in [3.63, 3.8) is 0 Å². The van der Waals surface area contributed by atoms with Gasteiger partial charge in [-0.2, -0.15) is 13.2 Å². The highest BCUT2D eigenvalue weighted by Crippen LogP contribution is 2.41. The molecule has 2 aliphatic rings. The molecule has 4 rings (SSSR count). The largest absolute Gasteiger partial charge is 0.481 e. The maximum atomic E-state index is 13.8. The SMILES string of the molecule is [2H]C([2H])(c1ccc(/C(C)=N\OCc2ccc(C3CCCCC3)c(C(F)(F)F)c2)cc1CC)N1CC(C(=O)O)C1. The molecule has 0 radical (unpaired) electrons. The fourth-order valence-electron chi connectivity index (χ4n) is 5.08. The van der Waals surface area contributed by atoms with Crippen molar-refractivity contribution in [3.8, 4) is 0 Å². The zero-order valence-electron chi connectivity index (χ0n) is 23.3. The molecule has 1 N–H and O–H groups in total. The van der Waals surface area contributed by atoms with Gasteiger partial charge in [0.15, 0.2) is 0 Å². The van der Waals surface area contributed by atoms with Crippen LogP contribution in [0.15, 0.2) is 41.6 Å². The van der Waals surface area contributed by atoms with E-state index in [1.807, 2.05) is 13.0 Å². The van der Waals surface area contributed by atoms with E-state index in [0.29, 0.717) is 34.4 Å². The van der Waals surface area contributed by atoms with Crippen molar-refractivity contribution in [3.05, 3.63) is 69.8 Å². The summed E-state index contributed by atoms with van der Waals surface area (Å²) in [5.41, 5.74) is 2.64. The van der Waals surface area contributed by atoms with Crippen molar-refractivity contribution >= 4 is 11.7 Å². The number of carboxylic acid groups (broad SMARTS) is 1. The maximum absolute atomic E-state index is 13.8. The first-order valence-electron chi connectivity index (χ1n) is 13.9. The lowest BCUT2D eigenvalue weighted by molar-refractivity contribution is -0.147. The van der Waals surface area contributed by atoms with Gasteiger partial charge in [-0.05, 0) is 72.1 Å². The lowest BCUT2D eigenvalue weighted by Crippen LogP contribution is -2.49. The van der Waals surface area contributed by atoms with Gasteiger partial charge in [0.05, 0.1) is 17.2 Å². The fourth-order valence-corrected chi connectivity index (χ4v) is 5.08. The third kappa shape index (κ3) is 6.72. The average molecular weight is 519 g/mol. The van der Waals surface area contributed by atoms with Gasteiger partial charge in [0.25, 0.3) is 0 Å². The number of benzene rings is 2. The molecular formula is C29H35F3N2O3. The Morgan fingerprint density at radius 1 is 1.14 bits per heavy atom. The molecule has 0 atom stereocenters. The van der Waals surface area contributed by atoms with E-state index in [1.54, 1.807) is 31.2 Å². The summed E-state index contributed by atoms with van der Waals surface area (Å²) >= 11 is 0. The molecule has 0 aromatic heterocycles. The van der Waals surface area contributed by atoms with E-state index in [-0.39, 0.29) is 25.6 Å². The van der Waals surface area contributed by atoms with Gasteiger partial charge in [-0.25, -0.2) is 0 Å². The number of carboxylic acids is 1. The molecule has 1 saturated heterocycles. The van der Waals surface area contributed by atoms with Crippen molar-refractivity contribution in [2.45, 2.75) is 77.6 Å². The predicted molar refractivity (Wildman–Crippen MR) is 136 cm³/mol. The van der Waals surface area contributed by atoms with Gasteiger partial charge in [-0.15, -0.1) is 0 Å². The Bertz CT molecular complexity index is 1220. The number of alkyl halides is 3. The Balaban J connectivity index is 1.46. The Labute approximate surface area is 219 Å². The quantitative estimate of drug-likeness (QED) is 0.294. The van der Waals surface area contributed by atoms with Crippen LogP contribution < -0.4 is 0 Å². The second-order valence-electron chi connectivity index (χ2n) is 9.98. The van der Waals surface area contributed by atoms with Gasteiger partial charge in [-0.1, -0.05) is 55.6 Å². The van der Waals surface area contributed by atoms with Crippen LogP contribution >= 0.6 is 0 Å². The van der Waals surface area contributed by atoms with Crippen LogP contribution in [0.25, 0.3) is 0 Å². The molecule has 2 aromatic rings. The minimum absolute atomic E-state index is 0.0628. The molecular weight excluding hydrogens is 481 g/mol. The number of halogens is 3. The number of hydrogen-bond acceptors (Lipinski definition) is 4. The topological polar surface area (TPSA) is 62.1 Å². The van der Waals surface area contributed by atoms with Crippen LogP contribution in [0, 0.1) is 5.92 Å². The molecule has 5 nitrogen and oxygen atoms in total. The summed E-state index contributed by atoms with van der Waals surface area (Å²) in [6.07, 6.45) is 0.663. The van der Waals surface area contributed by atoms with Crippen LogP contribution in [0.4, 0.5) is 13.2 Å². The monoisotopic (exact) mass is 518 g/mol. The smallest absolute Gasteiger partial charge is 0.416 e. The van der Waals surface area contributed by atoms with Gasteiger partial charge < -0.3 is 9.94 Å². The van der Waals surface area contributed by atoms with Crippen LogP contribution in [0.1, 0.15) is 88.0 Å². The second kappa shape index (κ2) is 11.7. The lowest BCUT2D eigenvalue weighted by atomic mass is 9.81. The second-order valence-corrected chi connectivity index (χ2v) is 9.98. The van der Waals surface area contributed by atoms with E-state index >= 15 is 0 Å². The Hall–Kier alpha value is -2.87. The minimum Gasteiger partial charge on any atom is -0.481 e. The molecule has 2 fully saturated rings. The molecule has 1 aliphatic heterocycles. The number of oxime groups is 1. The first kappa shape index (κ1) is 24.5. The number of carbonyl (C=O) groups is 1. The first-order valence-corrected chi connectivity index (χ1v) is 12.9. The van der Waals surface area contributed by atoms with Gasteiger partial charge >= 0.3 is 12.1 Å². The van der Waals surface area contributed by atoms with E-state index in [4.69, 9.17) is 12.7 Å². The molecule has 37 heavy (non-hydrogen) atoms. The summed E-state index contributed by atoms with van der Waals surface area (Å²) in [6, 6.07) is 9.67. The number of rotatable bonds is 9. The zero-order chi connectivity index (χ0) is 28.4. The van der Waals surface area contributed by atoms with Crippen LogP contribution in [-0.4, -0.2) is 34.8 Å². The van der Waals surface area contributed by atoms with E-state index in [9.17, 15) is 18.0 Å². The standard InChI is InChI=1S/C29H35F3N2O3/c1-3-21-14-23(10-11-24(21)15-34-16-25(17-34)28(35)36)19(2)33-37-18-20-9-12-26(22-7-5-4-6-8-22)27(13-20)29(30,31)32/h9-14,22,25H,3-8,15-18H2,1-2H3,(H,35,36)/b33-19-/i15D2. The van der Waals surface area contributed by atoms with Crippen LogP contribution in [0.5, 0.6) is 0 Å². The number of nitrogens with zero attached hydrogens (tertiary/aromatic N) is 2. The van der Waals surface area contributed by atoms with Crippen LogP contribution in [0.2, 0.25) is 0 Å². The molecule has 1 heterocycles. The summed E-state index contributed by atoms with van der Waals surface area (Å²) < 4.78 is 58.7. The Kier molecular flexibility index (Phi) is 7.72. The molecule has 1 saturated carbocycles. The fraction of sp³-hybridized carbons (Fsp3) is 0.517. The molecule has 0 spiro atoms. The van der Waals surface area contributed by atoms with Gasteiger partial charge in [0.1, 0.15) is 6.61 Å². The van der Waals surface area contributed by atoms with Gasteiger partial charge in [0.2, 0.25) is 0 Å². The molecule has 0 amide bonds. The van der Waals surface area contributed by atoms with Gasteiger partial charge in [0, 0.05) is 22.3 Å². The molecule has 0 bridgehead atoms. The number of aryl methyl sites for hydroxylation is 1. The lowest BCUT2D eigenvalue weighted by Gasteiger charge is -2.37. The average Bonchev–Trinajstić information content (AvgIpc) is 2.86. The Morgan fingerprint density at radius 3 is 2.51 bits per heavy atom. The third-order valence-corrected chi connectivity index (χ3v) is 7.31. The van der Waals surface area contributed by atoms with E-state index in [1.165, 1.54) is 11.0 Å². The first-order chi connectivity index (χ1) is 18.4. The van der Waals surface area contributed by atoms with E-state index in [2.05, 4.69) is 5.16 Å². The highest BCUT2D eigenvalue weighted by atomic mass is 19.4. The van der Waals surface area contributed by atoms with Crippen molar-refractivity contribution in [2.75, 3.05) is 13.1 Å². The van der Waals surface area contributed by atoms with Crippen molar-refractivity contribution in [2.24, 2.45) is 11.1 Å². The number of hydrogen-bond donors (Lipinski definition) is 1. The Morgan fingerprint density at radius 2 is 1.86 bits per heavy atom. The molecule has 1 aliphatic carbocycles. The molecule has 200 valence electrons. The summed E-state index contributed by atoms with van der Waals surface area (Å²) in [5, 5.41) is 13.2. The van der Waals surface area contributed by atoms with E-state index < -0.39 is 30.1 Å². The van der Waals surface area contributed by atoms with Crippen LogP contribution in [0.3, 0.4) is 0 Å². The summed E-state index contributed by atoms with van der Waals surface area (Å²) in [7, 11) is 0.